The number of carbonyl (C=O) groups is 2. The number of ether oxygens (including phenoxy) is 2. The SMILES string of the molecule is CCOC(=O)c1c(-c2cccc([N+](=O)[O-])c2)csc1NC(=O)COc1ccccc1Br. The van der Waals surface area contributed by atoms with E-state index in [1.807, 2.05) is 6.07 Å². The van der Waals surface area contributed by atoms with Crippen LogP contribution >= 0.6 is 27.3 Å². The van der Waals surface area contributed by atoms with Crippen LogP contribution in [0.2, 0.25) is 0 Å². The van der Waals surface area contributed by atoms with E-state index in [-0.39, 0.29) is 29.5 Å². The topological polar surface area (TPSA) is 108 Å². The van der Waals surface area contributed by atoms with Crippen molar-refractivity contribution in [3.8, 4) is 16.9 Å². The molecule has 0 aliphatic rings. The van der Waals surface area contributed by atoms with Crippen molar-refractivity contribution in [3.63, 3.8) is 0 Å². The van der Waals surface area contributed by atoms with E-state index >= 15 is 0 Å². The van der Waals surface area contributed by atoms with E-state index in [4.69, 9.17) is 9.47 Å². The first kappa shape index (κ1) is 22.4. The van der Waals surface area contributed by atoms with Crippen molar-refractivity contribution in [1.29, 1.82) is 0 Å². The number of hydrogen-bond acceptors (Lipinski definition) is 7. The van der Waals surface area contributed by atoms with Crippen molar-refractivity contribution in [1.82, 2.24) is 0 Å². The van der Waals surface area contributed by atoms with Crippen LogP contribution in [0.15, 0.2) is 58.4 Å². The number of nitro groups is 1. The van der Waals surface area contributed by atoms with Crippen LogP contribution in [0, 0.1) is 10.1 Å². The molecule has 0 radical (unpaired) electrons. The van der Waals surface area contributed by atoms with Crippen LogP contribution in [-0.2, 0) is 9.53 Å². The van der Waals surface area contributed by atoms with Crippen LogP contribution in [0.25, 0.3) is 11.1 Å². The van der Waals surface area contributed by atoms with Crippen molar-refractivity contribution in [2.45, 2.75) is 6.92 Å². The Kier molecular flexibility index (Phi) is 7.37. The summed E-state index contributed by atoms with van der Waals surface area (Å²) in [6, 6.07) is 13.0. The van der Waals surface area contributed by atoms with Gasteiger partial charge in [0.15, 0.2) is 6.61 Å². The summed E-state index contributed by atoms with van der Waals surface area (Å²) in [5.74, 6) is -0.590. The van der Waals surface area contributed by atoms with Crippen molar-refractivity contribution < 1.29 is 24.0 Å². The molecule has 0 unspecified atom stereocenters. The summed E-state index contributed by atoms with van der Waals surface area (Å²) in [7, 11) is 0. The van der Waals surface area contributed by atoms with Gasteiger partial charge in [0, 0.05) is 23.1 Å². The number of hydrogen-bond donors (Lipinski definition) is 1. The molecule has 31 heavy (non-hydrogen) atoms. The molecule has 1 heterocycles. The molecule has 1 N–H and O–H groups in total. The number of anilines is 1. The predicted molar refractivity (Wildman–Crippen MR) is 121 cm³/mol. The molecule has 0 bridgehead atoms. The van der Waals surface area contributed by atoms with Gasteiger partial charge in [-0.05, 0) is 40.5 Å². The quantitative estimate of drug-likeness (QED) is 0.254. The molecule has 0 saturated carbocycles. The second-order valence-electron chi connectivity index (χ2n) is 6.15. The summed E-state index contributed by atoms with van der Waals surface area (Å²) in [5.41, 5.74) is 0.945. The Morgan fingerprint density at radius 1 is 1.19 bits per heavy atom. The highest BCUT2D eigenvalue weighted by atomic mass is 79.9. The summed E-state index contributed by atoms with van der Waals surface area (Å²) in [5, 5.41) is 15.7. The fourth-order valence-corrected chi connectivity index (χ4v) is 4.10. The van der Waals surface area contributed by atoms with Gasteiger partial charge in [-0.1, -0.05) is 24.3 Å². The Bertz CT molecular complexity index is 1130. The third-order valence-corrected chi connectivity index (χ3v) is 5.64. The van der Waals surface area contributed by atoms with E-state index in [1.54, 1.807) is 36.6 Å². The van der Waals surface area contributed by atoms with Gasteiger partial charge in [-0.25, -0.2) is 4.79 Å². The molecule has 0 aliphatic heterocycles. The molecular weight excluding hydrogens is 488 g/mol. The maximum absolute atomic E-state index is 12.6. The number of para-hydroxylation sites is 1. The van der Waals surface area contributed by atoms with Gasteiger partial charge < -0.3 is 14.8 Å². The van der Waals surface area contributed by atoms with Crippen LogP contribution in [0.3, 0.4) is 0 Å². The summed E-state index contributed by atoms with van der Waals surface area (Å²) < 4.78 is 11.4. The van der Waals surface area contributed by atoms with Crippen molar-refractivity contribution in [2.75, 3.05) is 18.5 Å². The second-order valence-corrected chi connectivity index (χ2v) is 7.88. The number of nitro benzene ring substituents is 1. The first-order chi connectivity index (χ1) is 14.9. The Hall–Kier alpha value is -3.24. The van der Waals surface area contributed by atoms with Gasteiger partial charge in [-0.15, -0.1) is 11.3 Å². The largest absolute Gasteiger partial charge is 0.483 e. The van der Waals surface area contributed by atoms with Gasteiger partial charge in [-0.2, -0.15) is 0 Å². The third kappa shape index (κ3) is 5.47. The summed E-state index contributed by atoms with van der Waals surface area (Å²) in [4.78, 5) is 35.6. The number of esters is 1. The molecule has 0 aliphatic carbocycles. The number of benzene rings is 2. The minimum Gasteiger partial charge on any atom is -0.483 e. The number of non-ortho nitro benzene ring substituents is 1. The highest BCUT2D eigenvalue weighted by Crippen LogP contribution is 2.37. The first-order valence-electron chi connectivity index (χ1n) is 9.11. The molecule has 0 atom stereocenters. The van der Waals surface area contributed by atoms with Crippen LogP contribution in [-0.4, -0.2) is 30.0 Å². The zero-order valence-corrected chi connectivity index (χ0v) is 18.7. The molecule has 0 spiro atoms. The lowest BCUT2D eigenvalue weighted by Gasteiger charge is -2.10. The summed E-state index contributed by atoms with van der Waals surface area (Å²) >= 11 is 4.47. The summed E-state index contributed by atoms with van der Waals surface area (Å²) in [6.07, 6.45) is 0. The number of amides is 1. The van der Waals surface area contributed by atoms with Crippen LogP contribution in [0.1, 0.15) is 17.3 Å². The van der Waals surface area contributed by atoms with E-state index < -0.39 is 16.8 Å². The second kappa shape index (κ2) is 10.2. The number of thiophene rings is 1. The average molecular weight is 505 g/mol. The predicted octanol–water partition coefficient (Wildman–Crippen LogP) is 5.28. The van der Waals surface area contributed by atoms with Gasteiger partial charge in [0.25, 0.3) is 11.6 Å². The molecule has 3 aromatic rings. The van der Waals surface area contributed by atoms with Crippen molar-refractivity contribution in [3.05, 3.63) is 74.1 Å². The van der Waals surface area contributed by atoms with Gasteiger partial charge in [0.2, 0.25) is 0 Å². The van der Waals surface area contributed by atoms with Gasteiger partial charge in [0.05, 0.1) is 16.0 Å². The maximum atomic E-state index is 12.6. The standard InChI is InChI=1S/C21H17BrN2O6S/c1-2-29-21(26)19-15(13-6-5-7-14(10-13)24(27)28)12-31-20(19)23-18(25)11-30-17-9-4-3-8-16(17)22/h3-10,12H,2,11H2,1H3,(H,23,25). The number of halogens is 1. The van der Waals surface area contributed by atoms with E-state index in [2.05, 4.69) is 21.2 Å². The third-order valence-electron chi connectivity index (χ3n) is 4.09. The summed E-state index contributed by atoms with van der Waals surface area (Å²) in [6.45, 7) is 1.54. The van der Waals surface area contributed by atoms with E-state index in [0.717, 1.165) is 11.3 Å². The average Bonchev–Trinajstić information content (AvgIpc) is 3.17. The van der Waals surface area contributed by atoms with E-state index in [9.17, 15) is 19.7 Å². The molecule has 2 aromatic carbocycles. The van der Waals surface area contributed by atoms with Crippen molar-refractivity contribution >= 4 is 49.8 Å². The van der Waals surface area contributed by atoms with Crippen LogP contribution in [0.5, 0.6) is 5.75 Å². The first-order valence-corrected chi connectivity index (χ1v) is 10.8. The lowest BCUT2D eigenvalue weighted by molar-refractivity contribution is -0.384. The lowest BCUT2D eigenvalue weighted by atomic mass is 10.0. The lowest BCUT2D eigenvalue weighted by Crippen LogP contribution is -2.21. The van der Waals surface area contributed by atoms with E-state index in [1.165, 1.54) is 18.2 Å². The molecule has 160 valence electrons. The zero-order chi connectivity index (χ0) is 22.4. The molecule has 0 saturated heterocycles. The Labute approximate surface area is 190 Å². The van der Waals surface area contributed by atoms with Gasteiger partial charge in [-0.3, -0.25) is 14.9 Å². The highest BCUT2D eigenvalue weighted by molar-refractivity contribution is 9.10. The molecule has 1 amide bonds. The Morgan fingerprint density at radius 2 is 1.97 bits per heavy atom. The smallest absolute Gasteiger partial charge is 0.341 e. The normalized spacial score (nSPS) is 10.4. The Balaban J connectivity index is 1.86. The highest BCUT2D eigenvalue weighted by Gasteiger charge is 2.24. The minimum atomic E-state index is -0.632. The number of nitrogens with zero attached hydrogens (tertiary/aromatic N) is 1. The fraction of sp³-hybridized carbons (Fsp3) is 0.143. The van der Waals surface area contributed by atoms with Crippen molar-refractivity contribution in [2.24, 2.45) is 0 Å². The number of nitrogens with one attached hydrogen (secondary N) is 1. The molecule has 1 aromatic heterocycles. The van der Waals surface area contributed by atoms with E-state index in [0.29, 0.717) is 21.3 Å². The van der Waals surface area contributed by atoms with Gasteiger partial charge >= 0.3 is 5.97 Å². The number of carbonyl (C=O) groups excluding carboxylic acids is 2. The number of rotatable bonds is 8. The van der Waals surface area contributed by atoms with Crippen LogP contribution in [0.4, 0.5) is 10.7 Å². The van der Waals surface area contributed by atoms with Gasteiger partial charge in [0.1, 0.15) is 16.3 Å². The fourth-order valence-electron chi connectivity index (χ4n) is 2.72. The molecule has 10 heteroatoms. The Morgan fingerprint density at radius 3 is 2.68 bits per heavy atom. The maximum Gasteiger partial charge on any atom is 0.341 e. The van der Waals surface area contributed by atoms with Crippen LogP contribution < -0.4 is 10.1 Å². The zero-order valence-electron chi connectivity index (χ0n) is 16.3. The molecular formula is C21H17BrN2O6S. The minimum absolute atomic E-state index is 0.106. The molecule has 3 rings (SSSR count). The molecule has 8 nitrogen and oxygen atoms in total. The molecule has 0 fully saturated rings. The monoisotopic (exact) mass is 504 g/mol.